The summed E-state index contributed by atoms with van der Waals surface area (Å²) in [7, 11) is -11.0. The molecule has 36 heavy (non-hydrogen) atoms. The van der Waals surface area contributed by atoms with E-state index in [9.17, 15) is 49.2 Å². The van der Waals surface area contributed by atoms with E-state index in [0.717, 1.165) is 10.8 Å². The third kappa shape index (κ3) is 6.54. The largest absolute Gasteiger partial charge is 0.483 e. The number of rotatable bonds is 9. The van der Waals surface area contributed by atoms with E-state index < -0.39 is 89.8 Å². The summed E-state index contributed by atoms with van der Waals surface area (Å²) in [5.41, 5.74) is 4.44. The summed E-state index contributed by atoms with van der Waals surface area (Å²) in [6.45, 7) is -1.89. The minimum absolute atomic E-state index is 0.123. The maximum Gasteiger partial charge on any atom is 0.483 e. The molecule has 2 fully saturated rings. The first-order valence-corrected chi connectivity index (χ1v) is 13.0. The summed E-state index contributed by atoms with van der Waals surface area (Å²) < 4.78 is 48.3. The predicted octanol–water partition coefficient (Wildman–Crippen LogP) is -4.50. The molecule has 10 N–H and O–H groups in total. The highest BCUT2D eigenvalue weighted by molar-refractivity contribution is 7.61. The van der Waals surface area contributed by atoms with Crippen LogP contribution in [-0.2, 0) is 32.0 Å². The van der Waals surface area contributed by atoms with E-state index >= 15 is 0 Å². The number of anilines is 1. The van der Waals surface area contributed by atoms with E-state index in [-0.39, 0.29) is 5.82 Å². The second-order valence-corrected chi connectivity index (χ2v) is 10.7. The number of ether oxygens (including phenoxy) is 2. The summed E-state index contributed by atoms with van der Waals surface area (Å²) in [4.78, 5) is 35.0. The Balaban J connectivity index is 1.61. The number of aromatic nitrogens is 2. The van der Waals surface area contributed by atoms with Gasteiger partial charge in [0, 0.05) is 6.20 Å². The number of phosphoric acid groups is 2. The number of aliphatic hydroxyl groups is 6. The minimum Gasteiger partial charge on any atom is -0.394 e. The molecule has 0 bridgehead atoms. The van der Waals surface area contributed by atoms with E-state index in [0.29, 0.717) is 0 Å². The average Bonchev–Trinajstić information content (AvgIpc) is 3.06. The van der Waals surface area contributed by atoms with Gasteiger partial charge in [-0.2, -0.15) is 9.29 Å². The molecule has 0 spiro atoms. The first kappa shape index (κ1) is 29.2. The number of nitrogens with zero attached hydrogens (tertiary/aromatic N) is 2. The number of hydrogen-bond acceptors (Lipinski definition) is 16. The van der Waals surface area contributed by atoms with Crippen LogP contribution in [0, 0.1) is 0 Å². The van der Waals surface area contributed by atoms with Gasteiger partial charge >= 0.3 is 21.3 Å². The maximum atomic E-state index is 12.2. The van der Waals surface area contributed by atoms with Crippen LogP contribution in [0.25, 0.3) is 0 Å². The van der Waals surface area contributed by atoms with Crippen LogP contribution in [0.4, 0.5) is 5.82 Å². The highest BCUT2D eigenvalue weighted by Gasteiger charge is 2.49. The molecule has 19 nitrogen and oxygen atoms in total. The summed E-state index contributed by atoms with van der Waals surface area (Å²) in [6, 6.07) is 1.21. The topological polar surface area (TPSA) is 303 Å². The van der Waals surface area contributed by atoms with Crippen molar-refractivity contribution in [1.82, 2.24) is 9.55 Å². The zero-order valence-corrected chi connectivity index (χ0v) is 19.8. The van der Waals surface area contributed by atoms with Gasteiger partial charge in [0.25, 0.3) is 0 Å². The molecular weight excluding hydrogens is 540 g/mol. The van der Waals surface area contributed by atoms with Gasteiger partial charge in [-0.3, -0.25) is 13.6 Å². The smallest absolute Gasteiger partial charge is 0.394 e. The highest BCUT2D eigenvalue weighted by atomic mass is 31.3. The molecule has 1 aromatic rings. The zero-order valence-electron chi connectivity index (χ0n) is 18.0. The van der Waals surface area contributed by atoms with Crippen molar-refractivity contribution in [2.75, 3.05) is 18.9 Å². The quantitative estimate of drug-likeness (QED) is 0.127. The molecule has 21 heteroatoms. The lowest BCUT2D eigenvalue weighted by Gasteiger charge is -2.39. The van der Waals surface area contributed by atoms with Crippen molar-refractivity contribution in [2.45, 2.75) is 55.2 Å². The number of hydrogen-bond donors (Lipinski definition) is 9. The Hall–Kier alpha value is -1.38. The van der Waals surface area contributed by atoms with Gasteiger partial charge in [-0.15, -0.1) is 0 Å². The van der Waals surface area contributed by atoms with Crippen LogP contribution in [0.2, 0.25) is 0 Å². The zero-order chi connectivity index (χ0) is 27.0. The van der Waals surface area contributed by atoms with Crippen molar-refractivity contribution < 1.29 is 72.4 Å². The number of aliphatic hydroxyl groups excluding tert-OH is 6. The third-order valence-electron chi connectivity index (χ3n) is 5.16. The Morgan fingerprint density at radius 1 is 0.972 bits per heavy atom. The lowest BCUT2D eigenvalue weighted by Crippen LogP contribution is -2.58. The van der Waals surface area contributed by atoms with E-state index in [1.807, 2.05) is 0 Å². The van der Waals surface area contributed by atoms with Gasteiger partial charge < -0.3 is 55.6 Å². The van der Waals surface area contributed by atoms with Gasteiger partial charge in [-0.05, 0) is 6.07 Å². The Labute approximate surface area is 201 Å². The van der Waals surface area contributed by atoms with Gasteiger partial charge in [-0.1, -0.05) is 0 Å². The molecule has 1 aromatic heterocycles. The summed E-state index contributed by atoms with van der Waals surface area (Å²) in [6.07, 6.45) is -15.0. The van der Waals surface area contributed by atoms with Crippen molar-refractivity contribution in [3.63, 3.8) is 0 Å². The summed E-state index contributed by atoms with van der Waals surface area (Å²) in [5, 5.41) is 58.7. The third-order valence-corrected chi connectivity index (χ3v) is 7.76. The van der Waals surface area contributed by atoms with Crippen molar-refractivity contribution in [2.24, 2.45) is 0 Å². The molecular formula is C15H25N3O16P2. The predicted molar refractivity (Wildman–Crippen MR) is 110 cm³/mol. The van der Waals surface area contributed by atoms with E-state index in [2.05, 4.69) is 18.3 Å². The first-order chi connectivity index (χ1) is 16.7. The molecule has 0 aliphatic carbocycles. The molecule has 5 unspecified atom stereocenters. The van der Waals surface area contributed by atoms with Crippen LogP contribution < -0.4 is 11.4 Å². The lowest BCUT2D eigenvalue weighted by atomic mass is 10.00. The molecule has 11 atom stereocenters. The van der Waals surface area contributed by atoms with Gasteiger partial charge in [0.15, 0.2) is 12.5 Å². The Kier molecular flexibility index (Phi) is 9.05. The Bertz CT molecular complexity index is 1070. The van der Waals surface area contributed by atoms with Gasteiger partial charge in [-0.25, -0.2) is 13.9 Å². The molecule has 0 saturated carbocycles. The number of nitrogens with two attached hydrogens (primary N) is 1. The monoisotopic (exact) mass is 565 g/mol. The fourth-order valence-electron chi connectivity index (χ4n) is 3.34. The van der Waals surface area contributed by atoms with E-state index in [1.165, 1.54) is 6.07 Å². The number of phosphoric ester groups is 2. The van der Waals surface area contributed by atoms with Gasteiger partial charge in [0.2, 0.25) is 0 Å². The second kappa shape index (κ2) is 11.2. The van der Waals surface area contributed by atoms with Crippen molar-refractivity contribution >= 4 is 21.5 Å². The molecule has 206 valence electrons. The van der Waals surface area contributed by atoms with Crippen LogP contribution in [0.15, 0.2) is 17.1 Å². The van der Waals surface area contributed by atoms with Crippen LogP contribution in [0.5, 0.6) is 0 Å². The molecule has 3 heterocycles. The SMILES string of the molecule is Nc1ccn([C@@H]2O[C@H](COP(=O)(O)OP(=O)(O)O[C@H]3OC(CO)[C@@H](O)[C@H](O)C3O)C(O)[C@@H]2O)c(=O)n1. The van der Waals surface area contributed by atoms with Crippen molar-refractivity contribution in [3.05, 3.63) is 22.7 Å². The van der Waals surface area contributed by atoms with E-state index in [1.54, 1.807) is 0 Å². The first-order valence-electron chi connectivity index (χ1n) is 10.0. The van der Waals surface area contributed by atoms with Crippen LogP contribution in [0.3, 0.4) is 0 Å². The highest BCUT2D eigenvalue weighted by Crippen LogP contribution is 2.61. The molecule has 2 saturated heterocycles. The lowest BCUT2D eigenvalue weighted by molar-refractivity contribution is -0.280. The molecule has 0 radical (unpaired) electrons. The van der Waals surface area contributed by atoms with E-state index in [4.69, 9.17) is 20.3 Å². The number of nitrogen functional groups attached to an aromatic ring is 1. The Morgan fingerprint density at radius 3 is 2.22 bits per heavy atom. The second-order valence-electron chi connectivity index (χ2n) is 7.71. The minimum atomic E-state index is -5.58. The van der Waals surface area contributed by atoms with Crippen LogP contribution in [0.1, 0.15) is 6.23 Å². The average molecular weight is 565 g/mol. The van der Waals surface area contributed by atoms with Crippen LogP contribution in [-0.4, -0.2) is 112 Å². The van der Waals surface area contributed by atoms with Crippen molar-refractivity contribution in [1.29, 1.82) is 0 Å². The normalized spacial score (nSPS) is 38.4. The fraction of sp³-hybridized carbons (Fsp3) is 0.733. The molecule has 0 amide bonds. The standard InChI is InChI=1S/C15H25N3O16P2/c16-7-1-2-18(15(25)17-7)13-11(23)9(21)6(31-13)4-30-35(26,27)34-36(28,29)33-14-12(24)10(22)8(20)5(3-19)32-14/h1-2,5-6,8-14,19-24H,3-4H2,(H,26,27)(H,28,29)(H2,16,17,25)/t5?,6-,8-,9?,10+,11+,12?,13-,14-/m1/s1. The Morgan fingerprint density at radius 2 is 1.61 bits per heavy atom. The molecule has 0 aromatic carbocycles. The van der Waals surface area contributed by atoms with Gasteiger partial charge in [0.1, 0.15) is 48.5 Å². The summed E-state index contributed by atoms with van der Waals surface area (Å²) in [5.74, 6) is -0.123. The molecule has 2 aliphatic rings. The van der Waals surface area contributed by atoms with Crippen molar-refractivity contribution in [3.8, 4) is 0 Å². The molecule has 3 rings (SSSR count). The molecule has 2 aliphatic heterocycles. The maximum absolute atomic E-state index is 12.2. The van der Waals surface area contributed by atoms with Gasteiger partial charge in [0.05, 0.1) is 13.2 Å². The summed E-state index contributed by atoms with van der Waals surface area (Å²) >= 11 is 0. The van der Waals surface area contributed by atoms with Crippen LogP contribution >= 0.6 is 15.6 Å². The fourth-order valence-corrected chi connectivity index (χ4v) is 5.50.